The number of methoxy groups -OCH3 is 1. The number of rotatable bonds is 9. The number of thiophene rings is 1. The highest BCUT2D eigenvalue weighted by molar-refractivity contribution is 7.18. The van der Waals surface area contributed by atoms with Crippen LogP contribution in [0.5, 0.6) is 0 Å². The molecule has 2 atom stereocenters. The van der Waals surface area contributed by atoms with Crippen molar-refractivity contribution >= 4 is 21.6 Å². The Hall–Kier alpha value is -1.48. The van der Waals surface area contributed by atoms with Gasteiger partial charge in [0.1, 0.15) is 4.83 Å². The van der Waals surface area contributed by atoms with Gasteiger partial charge < -0.3 is 15.8 Å². The molecule has 0 radical (unpaired) electrons. The van der Waals surface area contributed by atoms with Gasteiger partial charge in [-0.1, -0.05) is 13.3 Å². The predicted molar refractivity (Wildman–Crippen MR) is 105 cm³/mol. The lowest BCUT2D eigenvalue weighted by Crippen LogP contribution is -2.40. The van der Waals surface area contributed by atoms with E-state index >= 15 is 0 Å². The first kappa shape index (κ1) is 19.3. The van der Waals surface area contributed by atoms with Crippen molar-refractivity contribution in [3.63, 3.8) is 0 Å². The molecule has 1 saturated carbocycles. The first-order valence-electron chi connectivity index (χ1n) is 9.22. The van der Waals surface area contributed by atoms with E-state index < -0.39 is 0 Å². The largest absolute Gasteiger partial charge is 0.383 e. The summed E-state index contributed by atoms with van der Waals surface area (Å²) in [4.78, 5) is 28.1. The number of hydrogen-bond donors (Lipinski definition) is 2. The summed E-state index contributed by atoms with van der Waals surface area (Å²) < 4.78 is 8.39. The molecule has 1 aliphatic rings. The molecule has 0 amide bonds. The zero-order valence-electron chi connectivity index (χ0n) is 15.7. The summed E-state index contributed by atoms with van der Waals surface area (Å²) in [5, 5.41) is 3.96. The van der Waals surface area contributed by atoms with Crippen LogP contribution in [-0.4, -0.2) is 35.9 Å². The van der Waals surface area contributed by atoms with Gasteiger partial charge in [0.15, 0.2) is 0 Å². The SMILES string of the molecule is CCC1CC1n1c(=O)c2c(C)c(CNCCN)sc2n(CCOC)c1=O. The van der Waals surface area contributed by atoms with Crippen LogP contribution in [0.3, 0.4) is 0 Å². The lowest BCUT2D eigenvalue weighted by Gasteiger charge is -2.11. The van der Waals surface area contributed by atoms with Gasteiger partial charge in [-0.05, 0) is 24.8 Å². The number of hydrogen-bond acceptors (Lipinski definition) is 6. The van der Waals surface area contributed by atoms with E-state index in [9.17, 15) is 9.59 Å². The van der Waals surface area contributed by atoms with Crippen LogP contribution in [-0.2, 0) is 17.8 Å². The quantitative estimate of drug-likeness (QED) is 0.638. The van der Waals surface area contributed by atoms with Crippen LogP contribution in [0, 0.1) is 12.8 Å². The Bertz CT molecular complexity index is 898. The van der Waals surface area contributed by atoms with Crippen LogP contribution >= 0.6 is 11.3 Å². The van der Waals surface area contributed by atoms with Crippen molar-refractivity contribution in [3.05, 3.63) is 31.3 Å². The van der Waals surface area contributed by atoms with Gasteiger partial charge in [-0.2, -0.15) is 0 Å². The highest BCUT2D eigenvalue weighted by Crippen LogP contribution is 2.44. The molecule has 3 N–H and O–H groups in total. The third-order valence-corrected chi connectivity index (χ3v) is 6.52. The van der Waals surface area contributed by atoms with Crippen LogP contribution in [0.15, 0.2) is 9.59 Å². The Morgan fingerprint density at radius 3 is 2.77 bits per heavy atom. The number of fused-ring (bicyclic) bond motifs is 1. The molecule has 0 aromatic carbocycles. The number of nitrogens with two attached hydrogens (primary N) is 1. The lowest BCUT2D eigenvalue weighted by atomic mass is 10.2. The Morgan fingerprint density at radius 1 is 1.38 bits per heavy atom. The van der Waals surface area contributed by atoms with Crippen LogP contribution in [0.1, 0.15) is 36.2 Å². The molecule has 2 aromatic heterocycles. The van der Waals surface area contributed by atoms with E-state index in [2.05, 4.69) is 12.2 Å². The maximum atomic E-state index is 13.2. The van der Waals surface area contributed by atoms with Gasteiger partial charge in [0.05, 0.1) is 18.5 Å². The second-order valence-electron chi connectivity index (χ2n) is 6.87. The third-order valence-electron chi connectivity index (χ3n) is 5.21. The van der Waals surface area contributed by atoms with Crippen molar-refractivity contribution in [3.8, 4) is 0 Å². The van der Waals surface area contributed by atoms with Crippen molar-refractivity contribution in [1.29, 1.82) is 0 Å². The Balaban J connectivity index is 2.15. The molecule has 1 aliphatic carbocycles. The van der Waals surface area contributed by atoms with Crippen LogP contribution in [0.2, 0.25) is 0 Å². The van der Waals surface area contributed by atoms with Gasteiger partial charge in [0.25, 0.3) is 5.56 Å². The van der Waals surface area contributed by atoms with E-state index in [-0.39, 0.29) is 17.3 Å². The molecule has 0 spiro atoms. The smallest absolute Gasteiger partial charge is 0.332 e. The summed E-state index contributed by atoms with van der Waals surface area (Å²) in [6, 6.07) is 0.0383. The molecule has 2 unspecified atom stereocenters. The molecule has 1 fully saturated rings. The monoisotopic (exact) mass is 380 g/mol. The first-order chi connectivity index (χ1) is 12.5. The number of nitrogens with one attached hydrogen (secondary N) is 1. The second kappa shape index (κ2) is 8.04. The normalized spacial score (nSPS) is 19.4. The molecular formula is C18H28N4O3S. The fraction of sp³-hybridized carbons (Fsp3) is 0.667. The lowest BCUT2D eigenvalue weighted by molar-refractivity contribution is 0.186. The average Bonchev–Trinajstić information content (AvgIpc) is 3.32. The summed E-state index contributed by atoms with van der Waals surface area (Å²) in [5.74, 6) is 0.429. The molecule has 7 nitrogen and oxygen atoms in total. The zero-order chi connectivity index (χ0) is 18.8. The van der Waals surface area contributed by atoms with Gasteiger partial charge >= 0.3 is 5.69 Å². The maximum Gasteiger partial charge on any atom is 0.332 e. The van der Waals surface area contributed by atoms with Crippen molar-refractivity contribution in [2.24, 2.45) is 11.7 Å². The van der Waals surface area contributed by atoms with Crippen molar-refractivity contribution in [2.45, 2.75) is 45.8 Å². The minimum Gasteiger partial charge on any atom is -0.383 e. The third kappa shape index (κ3) is 3.38. The number of aromatic nitrogens is 2. The molecule has 2 heterocycles. The minimum atomic E-state index is -0.205. The summed E-state index contributed by atoms with van der Waals surface area (Å²) in [6.07, 6.45) is 1.90. The fourth-order valence-electron chi connectivity index (χ4n) is 3.54. The van der Waals surface area contributed by atoms with Crippen molar-refractivity contribution in [1.82, 2.24) is 14.5 Å². The molecule has 0 bridgehead atoms. The highest BCUT2D eigenvalue weighted by Gasteiger charge is 2.40. The number of aryl methyl sites for hydroxylation is 1. The average molecular weight is 381 g/mol. The number of ether oxygens (including phenoxy) is 1. The first-order valence-corrected chi connectivity index (χ1v) is 10.0. The molecule has 0 aliphatic heterocycles. The van der Waals surface area contributed by atoms with Gasteiger partial charge in [0, 0.05) is 37.7 Å². The summed E-state index contributed by atoms with van der Waals surface area (Å²) in [7, 11) is 1.62. The van der Waals surface area contributed by atoms with Gasteiger partial charge in [-0.15, -0.1) is 11.3 Å². The number of nitrogens with zero attached hydrogens (tertiary/aromatic N) is 2. The maximum absolute atomic E-state index is 13.2. The van der Waals surface area contributed by atoms with Gasteiger partial charge in [-0.25, -0.2) is 4.79 Å². The van der Waals surface area contributed by atoms with Crippen LogP contribution in [0.25, 0.3) is 10.2 Å². The van der Waals surface area contributed by atoms with Gasteiger partial charge in [0.2, 0.25) is 0 Å². The van der Waals surface area contributed by atoms with Crippen molar-refractivity contribution in [2.75, 3.05) is 26.8 Å². The van der Waals surface area contributed by atoms with E-state index in [0.29, 0.717) is 44.1 Å². The molecule has 3 rings (SSSR count). The predicted octanol–water partition coefficient (Wildman–Crippen LogP) is 1.20. The second-order valence-corrected chi connectivity index (χ2v) is 7.95. The molecule has 26 heavy (non-hydrogen) atoms. The minimum absolute atomic E-state index is 0.0383. The Morgan fingerprint density at radius 2 is 2.15 bits per heavy atom. The molecule has 144 valence electrons. The summed E-state index contributed by atoms with van der Waals surface area (Å²) in [6.45, 7) is 6.90. The van der Waals surface area contributed by atoms with E-state index in [1.807, 2.05) is 6.92 Å². The topological polar surface area (TPSA) is 91.3 Å². The van der Waals surface area contributed by atoms with Crippen molar-refractivity contribution < 1.29 is 4.74 Å². The molecule has 0 saturated heterocycles. The van der Waals surface area contributed by atoms with E-state index in [4.69, 9.17) is 10.5 Å². The fourth-order valence-corrected chi connectivity index (χ4v) is 4.83. The summed E-state index contributed by atoms with van der Waals surface area (Å²) in [5.41, 5.74) is 6.16. The standard InChI is InChI=1S/C18H28N4O3S/c1-4-12-9-13(12)22-16(23)15-11(2)14(10-20-6-5-19)26-17(15)21(18(22)24)7-8-25-3/h12-13,20H,4-10,19H2,1-3H3. The molecule has 8 heteroatoms. The van der Waals surface area contributed by atoms with Crippen LogP contribution in [0.4, 0.5) is 0 Å². The Kier molecular flexibility index (Phi) is 5.96. The van der Waals surface area contributed by atoms with Gasteiger partial charge in [-0.3, -0.25) is 13.9 Å². The molecular weight excluding hydrogens is 352 g/mol. The highest BCUT2D eigenvalue weighted by atomic mass is 32.1. The Labute approximate surface area is 156 Å². The zero-order valence-corrected chi connectivity index (χ0v) is 16.5. The van der Waals surface area contributed by atoms with E-state index in [0.717, 1.165) is 28.1 Å². The van der Waals surface area contributed by atoms with Crippen LogP contribution < -0.4 is 22.3 Å². The molecule has 2 aromatic rings. The van der Waals surface area contributed by atoms with E-state index in [1.165, 1.54) is 15.9 Å². The summed E-state index contributed by atoms with van der Waals surface area (Å²) >= 11 is 1.52. The van der Waals surface area contributed by atoms with E-state index in [1.54, 1.807) is 11.7 Å².